The van der Waals surface area contributed by atoms with Crippen molar-refractivity contribution in [1.29, 1.82) is 10.5 Å². The average Bonchev–Trinajstić information content (AvgIpc) is 2.65. The zero-order valence-corrected chi connectivity index (χ0v) is 9.34. The highest BCUT2D eigenvalue weighted by atomic mass is 32.2. The van der Waals surface area contributed by atoms with Crippen molar-refractivity contribution in [2.75, 3.05) is 0 Å². The first-order valence-electron chi connectivity index (χ1n) is 4.79. The molecule has 82 valence electrons. The Morgan fingerprint density at radius 1 is 1.33 bits per heavy atom. The Hall–Kier alpha value is -1.11. The molecule has 1 N–H and O–H groups in total. The summed E-state index contributed by atoms with van der Waals surface area (Å²) < 4.78 is 25.6. The van der Waals surface area contributed by atoms with Crippen molar-refractivity contribution in [2.24, 2.45) is 0 Å². The van der Waals surface area contributed by atoms with E-state index in [1.165, 1.54) is 6.92 Å². The summed E-state index contributed by atoms with van der Waals surface area (Å²) in [6.45, 7) is 1.31. The second kappa shape index (κ2) is 4.18. The number of hydrogen-bond donors (Lipinski definition) is 1. The molecule has 0 aliphatic heterocycles. The highest BCUT2D eigenvalue weighted by Gasteiger charge is 2.39. The summed E-state index contributed by atoms with van der Waals surface area (Å²) in [7, 11) is -3.70. The molecule has 1 saturated carbocycles. The molecule has 0 bridgehead atoms. The van der Waals surface area contributed by atoms with Crippen molar-refractivity contribution in [3.05, 3.63) is 0 Å². The first-order valence-corrected chi connectivity index (χ1v) is 6.34. The van der Waals surface area contributed by atoms with Gasteiger partial charge >= 0.3 is 0 Å². The van der Waals surface area contributed by atoms with Crippen LogP contribution in [-0.2, 0) is 10.0 Å². The van der Waals surface area contributed by atoms with E-state index in [1.807, 2.05) is 6.07 Å². The molecule has 1 rings (SSSR count). The van der Waals surface area contributed by atoms with Crippen LogP contribution in [0.2, 0.25) is 0 Å². The van der Waals surface area contributed by atoms with Crippen LogP contribution in [0.3, 0.4) is 0 Å². The van der Waals surface area contributed by atoms with Gasteiger partial charge in [-0.2, -0.15) is 15.2 Å². The molecule has 6 heteroatoms. The van der Waals surface area contributed by atoms with E-state index in [4.69, 9.17) is 10.5 Å². The number of nitrogens with zero attached hydrogens (tertiary/aromatic N) is 2. The summed E-state index contributed by atoms with van der Waals surface area (Å²) in [5.74, 6) is 0. The molecule has 0 aromatic heterocycles. The standard InChI is InChI=1S/C9H13N3O2S/c1-8(6-10)15(13,14)12-9(7-11)4-2-3-5-9/h8,12H,2-5H2,1H3. The minimum absolute atomic E-state index is 0.529. The number of nitriles is 2. The van der Waals surface area contributed by atoms with E-state index in [1.54, 1.807) is 6.07 Å². The van der Waals surface area contributed by atoms with Gasteiger partial charge in [0, 0.05) is 0 Å². The maximum atomic E-state index is 11.6. The molecule has 0 aromatic rings. The minimum Gasteiger partial charge on any atom is -0.211 e. The molecule has 1 unspecified atom stereocenters. The van der Waals surface area contributed by atoms with Crippen LogP contribution in [0.5, 0.6) is 0 Å². The third-order valence-electron chi connectivity index (χ3n) is 2.66. The van der Waals surface area contributed by atoms with Gasteiger partial charge in [0.05, 0.1) is 12.1 Å². The highest BCUT2D eigenvalue weighted by molar-refractivity contribution is 7.90. The van der Waals surface area contributed by atoms with Gasteiger partial charge in [-0.25, -0.2) is 8.42 Å². The molecule has 1 aliphatic rings. The first kappa shape index (κ1) is 12.0. The number of rotatable bonds is 3. The smallest absolute Gasteiger partial charge is 0.211 e. The summed E-state index contributed by atoms with van der Waals surface area (Å²) in [5.41, 5.74) is -0.982. The van der Waals surface area contributed by atoms with Gasteiger partial charge in [0.1, 0.15) is 5.54 Å². The van der Waals surface area contributed by atoms with Crippen LogP contribution < -0.4 is 4.72 Å². The first-order chi connectivity index (χ1) is 6.96. The molecule has 0 spiro atoms. The molecule has 0 aromatic carbocycles. The van der Waals surface area contributed by atoms with E-state index in [2.05, 4.69) is 4.72 Å². The molecule has 0 amide bonds. The summed E-state index contributed by atoms with van der Waals surface area (Å²) in [5, 5.41) is 16.4. The van der Waals surface area contributed by atoms with Crippen LogP contribution in [-0.4, -0.2) is 19.2 Å². The Labute approximate surface area is 89.7 Å². The van der Waals surface area contributed by atoms with Crippen LogP contribution in [0.4, 0.5) is 0 Å². The van der Waals surface area contributed by atoms with E-state index >= 15 is 0 Å². The average molecular weight is 227 g/mol. The lowest BCUT2D eigenvalue weighted by Gasteiger charge is -2.22. The SMILES string of the molecule is CC(C#N)S(=O)(=O)NC1(C#N)CCCC1. The molecule has 0 radical (unpaired) electrons. The lowest BCUT2D eigenvalue weighted by molar-refractivity contribution is 0.483. The summed E-state index contributed by atoms with van der Waals surface area (Å²) in [6, 6.07) is 3.67. The van der Waals surface area contributed by atoms with Crippen LogP contribution in [0.1, 0.15) is 32.6 Å². The molecule has 1 aliphatic carbocycles. The fourth-order valence-electron chi connectivity index (χ4n) is 1.65. The summed E-state index contributed by atoms with van der Waals surface area (Å²) in [6.07, 6.45) is 2.75. The molecule has 0 saturated heterocycles. The van der Waals surface area contributed by atoms with Crippen molar-refractivity contribution in [1.82, 2.24) is 4.72 Å². The van der Waals surface area contributed by atoms with Gasteiger partial charge in [0.15, 0.2) is 5.25 Å². The Kier molecular flexibility index (Phi) is 3.33. The Balaban J connectivity index is 2.86. The molecular formula is C9H13N3O2S. The van der Waals surface area contributed by atoms with E-state index in [-0.39, 0.29) is 0 Å². The van der Waals surface area contributed by atoms with E-state index in [9.17, 15) is 8.42 Å². The second-order valence-corrected chi connectivity index (χ2v) is 5.82. The quantitative estimate of drug-likeness (QED) is 0.766. The topological polar surface area (TPSA) is 93.8 Å². The lowest BCUT2D eigenvalue weighted by atomic mass is 10.0. The molecule has 15 heavy (non-hydrogen) atoms. The van der Waals surface area contributed by atoms with Crippen molar-refractivity contribution in [2.45, 2.75) is 43.4 Å². The van der Waals surface area contributed by atoms with E-state index < -0.39 is 20.8 Å². The van der Waals surface area contributed by atoms with Crippen LogP contribution >= 0.6 is 0 Å². The van der Waals surface area contributed by atoms with Crippen LogP contribution in [0, 0.1) is 22.7 Å². The van der Waals surface area contributed by atoms with Crippen LogP contribution in [0.25, 0.3) is 0 Å². The fraction of sp³-hybridized carbons (Fsp3) is 0.778. The van der Waals surface area contributed by atoms with Gasteiger partial charge < -0.3 is 0 Å². The van der Waals surface area contributed by atoms with Gasteiger partial charge in [-0.15, -0.1) is 0 Å². The van der Waals surface area contributed by atoms with Gasteiger partial charge in [-0.05, 0) is 19.8 Å². The maximum Gasteiger partial charge on any atom is 0.229 e. The molecular weight excluding hydrogens is 214 g/mol. The normalized spacial score (nSPS) is 21.5. The summed E-state index contributed by atoms with van der Waals surface area (Å²) in [4.78, 5) is 0. The second-order valence-electron chi connectivity index (χ2n) is 3.82. The van der Waals surface area contributed by atoms with E-state index in [0.29, 0.717) is 12.8 Å². The predicted octanol–water partition coefficient (Wildman–Crippen LogP) is 0.654. The van der Waals surface area contributed by atoms with Gasteiger partial charge in [0.25, 0.3) is 0 Å². The molecule has 1 atom stereocenters. The van der Waals surface area contributed by atoms with Crippen molar-refractivity contribution in [3.63, 3.8) is 0 Å². The Morgan fingerprint density at radius 2 is 1.87 bits per heavy atom. The predicted molar refractivity (Wildman–Crippen MR) is 53.9 cm³/mol. The van der Waals surface area contributed by atoms with Gasteiger partial charge in [-0.1, -0.05) is 12.8 Å². The largest absolute Gasteiger partial charge is 0.229 e. The van der Waals surface area contributed by atoms with Crippen molar-refractivity contribution in [3.8, 4) is 12.1 Å². The summed E-state index contributed by atoms with van der Waals surface area (Å²) >= 11 is 0. The molecule has 5 nitrogen and oxygen atoms in total. The number of nitrogens with one attached hydrogen (secondary N) is 1. The highest BCUT2D eigenvalue weighted by Crippen LogP contribution is 2.29. The van der Waals surface area contributed by atoms with Gasteiger partial charge in [0.2, 0.25) is 10.0 Å². The maximum absolute atomic E-state index is 11.6. The molecule has 0 heterocycles. The fourth-order valence-corrected chi connectivity index (χ4v) is 2.76. The molecule has 1 fully saturated rings. The number of hydrogen-bond acceptors (Lipinski definition) is 4. The van der Waals surface area contributed by atoms with Crippen molar-refractivity contribution < 1.29 is 8.42 Å². The van der Waals surface area contributed by atoms with E-state index in [0.717, 1.165) is 12.8 Å². The Bertz CT molecular complexity index is 410. The zero-order valence-electron chi connectivity index (χ0n) is 8.52. The van der Waals surface area contributed by atoms with Crippen LogP contribution in [0.15, 0.2) is 0 Å². The number of sulfonamides is 1. The lowest BCUT2D eigenvalue weighted by Crippen LogP contribution is -2.47. The minimum atomic E-state index is -3.70. The zero-order chi connectivity index (χ0) is 11.5. The van der Waals surface area contributed by atoms with Gasteiger partial charge in [-0.3, -0.25) is 0 Å². The van der Waals surface area contributed by atoms with Crippen molar-refractivity contribution >= 4 is 10.0 Å². The third-order valence-corrected chi connectivity index (χ3v) is 4.37. The monoisotopic (exact) mass is 227 g/mol. The third kappa shape index (κ3) is 2.47. The Morgan fingerprint density at radius 3 is 2.27 bits per heavy atom.